The van der Waals surface area contributed by atoms with Gasteiger partial charge in [-0.15, -0.1) is 12.4 Å². The number of hydrogen-bond acceptors (Lipinski definition) is 3. The normalized spacial score (nSPS) is 28.6. The molecule has 2 N–H and O–H groups in total. The van der Waals surface area contributed by atoms with E-state index in [4.69, 9.17) is 0 Å². The van der Waals surface area contributed by atoms with Crippen LogP contribution < -0.4 is 10.6 Å². The monoisotopic (exact) mass is 331 g/mol. The fourth-order valence-electron chi connectivity index (χ4n) is 3.37. The third kappa shape index (κ3) is 5.43. The van der Waals surface area contributed by atoms with Crippen molar-refractivity contribution in [2.45, 2.75) is 64.5 Å². The minimum atomic E-state index is -0.0234. The first kappa shape index (κ1) is 19.2. The Morgan fingerprint density at radius 3 is 2.77 bits per heavy atom. The van der Waals surface area contributed by atoms with E-state index in [2.05, 4.69) is 17.6 Å². The minimum absolute atomic E-state index is 0. The maximum atomic E-state index is 12.4. The van der Waals surface area contributed by atoms with Crippen LogP contribution in [0, 0.1) is 5.92 Å². The van der Waals surface area contributed by atoms with Crippen molar-refractivity contribution in [2.75, 3.05) is 19.6 Å². The first-order chi connectivity index (χ1) is 10.1. The lowest BCUT2D eigenvalue weighted by molar-refractivity contribution is -0.136. The molecule has 2 aliphatic heterocycles. The lowest BCUT2D eigenvalue weighted by Gasteiger charge is -2.34. The van der Waals surface area contributed by atoms with Crippen LogP contribution in [0.3, 0.4) is 0 Å². The zero-order chi connectivity index (χ0) is 15.2. The van der Waals surface area contributed by atoms with Crippen molar-refractivity contribution in [2.24, 2.45) is 5.92 Å². The molecule has 0 aromatic rings. The van der Waals surface area contributed by atoms with Crippen LogP contribution in [0.2, 0.25) is 0 Å². The van der Waals surface area contributed by atoms with E-state index in [1.165, 1.54) is 0 Å². The van der Waals surface area contributed by atoms with Crippen molar-refractivity contribution in [3.05, 3.63) is 0 Å². The quantitative estimate of drug-likeness (QED) is 0.824. The average molecular weight is 332 g/mol. The van der Waals surface area contributed by atoms with E-state index in [1.54, 1.807) is 0 Å². The van der Waals surface area contributed by atoms with E-state index in [1.807, 2.05) is 11.8 Å². The van der Waals surface area contributed by atoms with Gasteiger partial charge >= 0.3 is 0 Å². The number of amides is 2. The number of carbonyl (C=O) groups is 2. The van der Waals surface area contributed by atoms with Crippen molar-refractivity contribution in [1.29, 1.82) is 0 Å². The van der Waals surface area contributed by atoms with E-state index in [9.17, 15) is 9.59 Å². The Bertz CT molecular complexity index is 378. The smallest absolute Gasteiger partial charge is 0.225 e. The molecule has 0 bridgehead atoms. The van der Waals surface area contributed by atoms with Gasteiger partial charge < -0.3 is 15.5 Å². The molecular formula is C16H30ClN3O2. The Morgan fingerprint density at radius 1 is 1.32 bits per heavy atom. The number of nitrogens with zero attached hydrogens (tertiary/aromatic N) is 1. The molecule has 6 heteroatoms. The van der Waals surface area contributed by atoms with Crippen LogP contribution >= 0.6 is 12.4 Å². The van der Waals surface area contributed by atoms with Crippen molar-refractivity contribution < 1.29 is 9.59 Å². The summed E-state index contributed by atoms with van der Waals surface area (Å²) in [5.41, 5.74) is 0. The second kappa shape index (κ2) is 9.36. The zero-order valence-corrected chi connectivity index (χ0v) is 14.6. The number of halogens is 1. The Morgan fingerprint density at radius 2 is 2.09 bits per heavy atom. The molecule has 2 fully saturated rings. The highest BCUT2D eigenvalue weighted by Gasteiger charge is 2.30. The number of nitrogens with one attached hydrogen (secondary N) is 2. The summed E-state index contributed by atoms with van der Waals surface area (Å²) < 4.78 is 0. The summed E-state index contributed by atoms with van der Waals surface area (Å²) in [4.78, 5) is 26.3. The maximum Gasteiger partial charge on any atom is 0.225 e. The molecule has 0 aromatic heterocycles. The first-order valence-electron chi connectivity index (χ1n) is 8.41. The fourth-order valence-corrected chi connectivity index (χ4v) is 3.37. The number of carbonyl (C=O) groups excluding carboxylic acids is 2. The van der Waals surface area contributed by atoms with Crippen molar-refractivity contribution in [1.82, 2.24) is 15.5 Å². The molecule has 128 valence electrons. The predicted molar refractivity (Wildman–Crippen MR) is 90.1 cm³/mol. The summed E-state index contributed by atoms with van der Waals surface area (Å²) in [6.07, 6.45) is 5.32. The van der Waals surface area contributed by atoms with Gasteiger partial charge in [0.25, 0.3) is 0 Å². The van der Waals surface area contributed by atoms with Crippen LogP contribution in [0.5, 0.6) is 0 Å². The summed E-state index contributed by atoms with van der Waals surface area (Å²) in [5.74, 6) is 0.318. The third-order valence-electron chi connectivity index (χ3n) is 4.58. The summed E-state index contributed by atoms with van der Waals surface area (Å²) >= 11 is 0. The van der Waals surface area contributed by atoms with Gasteiger partial charge in [0.1, 0.15) is 0 Å². The summed E-state index contributed by atoms with van der Waals surface area (Å²) in [5, 5.41) is 6.59. The van der Waals surface area contributed by atoms with Crippen LogP contribution in [-0.2, 0) is 9.59 Å². The largest absolute Gasteiger partial charge is 0.353 e. The van der Waals surface area contributed by atoms with E-state index in [-0.39, 0.29) is 36.2 Å². The number of piperidine rings is 2. The molecular weight excluding hydrogens is 302 g/mol. The van der Waals surface area contributed by atoms with Crippen LogP contribution in [0.15, 0.2) is 0 Å². The Kier molecular flexibility index (Phi) is 8.18. The summed E-state index contributed by atoms with van der Waals surface area (Å²) in [6, 6.07) is 0.758. The van der Waals surface area contributed by atoms with Crippen LogP contribution in [-0.4, -0.2) is 48.4 Å². The fraction of sp³-hybridized carbons (Fsp3) is 0.875. The number of rotatable bonds is 4. The molecule has 3 atom stereocenters. The lowest BCUT2D eigenvalue weighted by Crippen LogP contribution is -2.51. The average Bonchev–Trinajstić information content (AvgIpc) is 2.47. The van der Waals surface area contributed by atoms with Crippen molar-refractivity contribution in [3.63, 3.8) is 0 Å². The second-order valence-corrected chi connectivity index (χ2v) is 6.51. The summed E-state index contributed by atoms with van der Waals surface area (Å²) in [6.45, 7) is 6.56. The Hall–Kier alpha value is -0.810. The number of hydrogen-bond donors (Lipinski definition) is 2. The van der Waals surface area contributed by atoms with Crippen LogP contribution in [0.4, 0.5) is 0 Å². The van der Waals surface area contributed by atoms with Crippen LogP contribution in [0.25, 0.3) is 0 Å². The molecule has 0 aromatic carbocycles. The molecule has 2 amide bonds. The van der Waals surface area contributed by atoms with E-state index in [0.29, 0.717) is 19.0 Å². The highest BCUT2D eigenvalue weighted by molar-refractivity contribution is 5.85. The molecule has 0 saturated carbocycles. The first-order valence-corrected chi connectivity index (χ1v) is 8.41. The van der Waals surface area contributed by atoms with Gasteiger partial charge in [0.2, 0.25) is 11.8 Å². The Balaban J connectivity index is 0.00000242. The third-order valence-corrected chi connectivity index (χ3v) is 4.58. The molecule has 0 aliphatic carbocycles. The van der Waals surface area contributed by atoms with Gasteiger partial charge in [0.15, 0.2) is 0 Å². The SMILES string of the molecule is CCCC(=O)N1CCCC(C(=O)NC2CCNC(C)C2)C1.Cl. The topological polar surface area (TPSA) is 61.4 Å². The van der Waals surface area contributed by atoms with Gasteiger partial charge in [0.05, 0.1) is 5.92 Å². The zero-order valence-electron chi connectivity index (χ0n) is 13.8. The number of likely N-dealkylation sites (tertiary alicyclic amines) is 1. The molecule has 3 unspecified atom stereocenters. The highest BCUT2D eigenvalue weighted by Crippen LogP contribution is 2.19. The molecule has 0 spiro atoms. The highest BCUT2D eigenvalue weighted by atomic mass is 35.5. The molecule has 2 rings (SSSR count). The van der Waals surface area contributed by atoms with Gasteiger partial charge in [-0.3, -0.25) is 9.59 Å². The van der Waals surface area contributed by atoms with Gasteiger partial charge in [-0.2, -0.15) is 0 Å². The molecule has 2 heterocycles. The van der Waals surface area contributed by atoms with Gasteiger partial charge in [-0.25, -0.2) is 0 Å². The summed E-state index contributed by atoms with van der Waals surface area (Å²) in [7, 11) is 0. The molecule has 2 saturated heterocycles. The van der Waals surface area contributed by atoms with E-state index in [0.717, 1.165) is 45.2 Å². The van der Waals surface area contributed by atoms with Gasteiger partial charge in [-0.05, 0) is 45.6 Å². The second-order valence-electron chi connectivity index (χ2n) is 6.51. The predicted octanol–water partition coefficient (Wildman–Crippen LogP) is 1.70. The van der Waals surface area contributed by atoms with Crippen molar-refractivity contribution in [3.8, 4) is 0 Å². The molecule has 2 aliphatic rings. The van der Waals surface area contributed by atoms with Gasteiger partial charge in [0, 0.05) is 31.6 Å². The maximum absolute atomic E-state index is 12.4. The molecule has 0 radical (unpaired) electrons. The molecule has 5 nitrogen and oxygen atoms in total. The minimum Gasteiger partial charge on any atom is -0.353 e. The van der Waals surface area contributed by atoms with Crippen molar-refractivity contribution >= 4 is 24.2 Å². The Labute approximate surface area is 140 Å². The molecule has 22 heavy (non-hydrogen) atoms. The standard InChI is InChI=1S/C16H29N3O2.ClH/c1-3-5-15(20)19-9-4-6-13(11-19)16(21)18-14-7-8-17-12(2)10-14;/h12-14,17H,3-11H2,1-2H3,(H,18,21);1H. The van der Waals surface area contributed by atoms with E-state index >= 15 is 0 Å². The van der Waals surface area contributed by atoms with E-state index < -0.39 is 0 Å². The van der Waals surface area contributed by atoms with Gasteiger partial charge in [-0.1, -0.05) is 6.92 Å². The van der Waals surface area contributed by atoms with Crippen LogP contribution in [0.1, 0.15) is 52.4 Å². The lowest BCUT2D eigenvalue weighted by atomic mass is 9.94.